The lowest BCUT2D eigenvalue weighted by Gasteiger charge is -2.40. The summed E-state index contributed by atoms with van der Waals surface area (Å²) in [7, 11) is 3.07. The van der Waals surface area contributed by atoms with Gasteiger partial charge in [-0.2, -0.15) is 13.2 Å². The topological polar surface area (TPSA) is 69.3 Å². The minimum atomic E-state index is -4.41. The van der Waals surface area contributed by atoms with Crippen LogP contribution in [0, 0.1) is 11.3 Å². The molecule has 2 fully saturated rings. The van der Waals surface area contributed by atoms with Crippen molar-refractivity contribution in [1.82, 2.24) is 4.90 Å². The number of nitrogens with two attached hydrogens (primary N) is 1. The number of aliphatic imine (C=N–C) groups is 1. The van der Waals surface area contributed by atoms with Gasteiger partial charge >= 0.3 is 6.18 Å². The van der Waals surface area contributed by atoms with Gasteiger partial charge in [0.25, 0.3) is 0 Å². The lowest BCUT2D eigenvalue weighted by atomic mass is 9.68. The lowest BCUT2D eigenvalue weighted by molar-refractivity contribution is -0.144. The minimum Gasteiger partial charge on any atom is -0.493 e. The molecule has 2 N–H and O–H groups in total. The van der Waals surface area contributed by atoms with Crippen LogP contribution in [0.3, 0.4) is 0 Å². The molecule has 2 saturated carbocycles. The number of methoxy groups -OCH3 is 2. The first-order valence-electron chi connectivity index (χ1n) is 11.7. The normalized spacial score (nSPS) is 27.6. The van der Waals surface area contributed by atoms with Crippen molar-refractivity contribution < 1.29 is 27.4 Å². The molecule has 1 atom stereocenters. The molecule has 184 valence electrons. The van der Waals surface area contributed by atoms with Crippen molar-refractivity contribution >= 4 is 5.96 Å². The average molecular weight is 470 g/mol. The molecule has 1 spiro atoms. The zero-order valence-corrected chi connectivity index (χ0v) is 19.4. The average Bonchev–Trinajstić information content (AvgIpc) is 3.56. The molecule has 1 aromatic rings. The van der Waals surface area contributed by atoms with Gasteiger partial charge in [-0.05, 0) is 74.1 Å². The Morgan fingerprint density at radius 2 is 1.91 bits per heavy atom. The molecule has 1 unspecified atom stereocenters. The van der Waals surface area contributed by atoms with Gasteiger partial charge in [0.05, 0.1) is 18.8 Å². The summed E-state index contributed by atoms with van der Waals surface area (Å²) < 4.78 is 56.0. The van der Waals surface area contributed by atoms with E-state index >= 15 is 0 Å². The van der Waals surface area contributed by atoms with Crippen LogP contribution in [0.2, 0.25) is 0 Å². The van der Waals surface area contributed by atoms with E-state index in [9.17, 15) is 13.2 Å². The number of nitrogens with zero attached hydrogens (tertiary/aromatic N) is 2. The zero-order valence-electron chi connectivity index (χ0n) is 19.4. The third-order valence-electron chi connectivity index (χ3n) is 7.22. The third kappa shape index (κ3) is 5.74. The Kier molecular flexibility index (Phi) is 7.09. The van der Waals surface area contributed by atoms with E-state index in [4.69, 9.17) is 24.9 Å². The van der Waals surface area contributed by atoms with Gasteiger partial charge in [0.15, 0.2) is 5.96 Å². The van der Waals surface area contributed by atoms with E-state index in [-0.39, 0.29) is 30.3 Å². The van der Waals surface area contributed by atoms with Crippen molar-refractivity contribution in [3.8, 4) is 5.75 Å². The second kappa shape index (κ2) is 9.70. The molecule has 0 radical (unpaired) electrons. The van der Waals surface area contributed by atoms with Crippen LogP contribution in [0.1, 0.15) is 55.7 Å². The molecule has 3 aliphatic carbocycles. The second-order valence-electron chi connectivity index (χ2n) is 9.71. The number of benzene rings is 1. The summed E-state index contributed by atoms with van der Waals surface area (Å²) in [5.74, 6) is 1.26. The number of fused-ring (bicyclic) bond motifs is 1. The molecule has 1 aromatic carbocycles. The Labute approximate surface area is 193 Å². The number of hydrogen-bond acceptors (Lipinski definition) is 4. The van der Waals surface area contributed by atoms with Gasteiger partial charge in [-0.1, -0.05) is 6.07 Å². The summed E-state index contributed by atoms with van der Waals surface area (Å²) in [5, 5.41) is 0. The number of halogens is 3. The lowest BCUT2D eigenvalue weighted by Crippen LogP contribution is -2.45. The van der Waals surface area contributed by atoms with Crippen molar-refractivity contribution in [3.05, 3.63) is 29.3 Å². The maximum atomic E-state index is 13.1. The Hall–Kier alpha value is -2.00. The molecule has 0 aliphatic heterocycles. The van der Waals surface area contributed by atoms with Gasteiger partial charge in [0, 0.05) is 19.6 Å². The SMILES string of the molecule is COCN(CC(F)(F)F)/C(N)=N\C1c2cc(OCC3CC3)ccc2CC12CCC(OC)CC2. The van der Waals surface area contributed by atoms with Crippen molar-refractivity contribution in [2.75, 3.05) is 34.1 Å². The Bertz CT molecular complexity index is 849. The number of hydrogen-bond donors (Lipinski definition) is 1. The van der Waals surface area contributed by atoms with Crippen LogP contribution < -0.4 is 10.5 Å². The van der Waals surface area contributed by atoms with E-state index < -0.39 is 12.7 Å². The van der Waals surface area contributed by atoms with Gasteiger partial charge < -0.3 is 24.8 Å². The highest BCUT2D eigenvalue weighted by atomic mass is 19.4. The first kappa shape index (κ1) is 24.1. The predicted molar refractivity (Wildman–Crippen MR) is 119 cm³/mol. The van der Waals surface area contributed by atoms with Gasteiger partial charge in [-0.3, -0.25) is 0 Å². The van der Waals surface area contributed by atoms with Gasteiger partial charge in [0.1, 0.15) is 19.0 Å². The smallest absolute Gasteiger partial charge is 0.406 e. The largest absolute Gasteiger partial charge is 0.493 e. The molecule has 9 heteroatoms. The molecule has 4 rings (SSSR count). The van der Waals surface area contributed by atoms with Crippen LogP contribution in [-0.2, 0) is 15.9 Å². The molecule has 0 amide bonds. The van der Waals surface area contributed by atoms with Crippen LogP contribution in [-0.4, -0.2) is 57.2 Å². The maximum Gasteiger partial charge on any atom is 0.406 e. The quantitative estimate of drug-likeness (QED) is 0.347. The van der Waals surface area contributed by atoms with E-state index in [1.54, 1.807) is 7.11 Å². The zero-order chi connectivity index (χ0) is 23.6. The Balaban J connectivity index is 1.64. The van der Waals surface area contributed by atoms with Crippen molar-refractivity contribution in [3.63, 3.8) is 0 Å². The number of rotatable bonds is 8. The Morgan fingerprint density at radius 3 is 2.52 bits per heavy atom. The highest BCUT2D eigenvalue weighted by Crippen LogP contribution is 2.56. The number of guanidine groups is 1. The summed E-state index contributed by atoms with van der Waals surface area (Å²) in [6.07, 6.45) is 2.56. The van der Waals surface area contributed by atoms with E-state index in [0.29, 0.717) is 12.5 Å². The van der Waals surface area contributed by atoms with Crippen LogP contribution in [0.25, 0.3) is 0 Å². The fraction of sp³-hybridized carbons (Fsp3) is 0.708. The van der Waals surface area contributed by atoms with Crippen LogP contribution in [0.4, 0.5) is 13.2 Å². The predicted octanol–water partition coefficient (Wildman–Crippen LogP) is 4.43. The first-order valence-corrected chi connectivity index (χ1v) is 11.7. The monoisotopic (exact) mass is 469 g/mol. The second-order valence-corrected chi connectivity index (χ2v) is 9.71. The highest BCUT2D eigenvalue weighted by molar-refractivity contribution is 5.78. The van der Waals surface area contributed by atoms with E-state index in [1.807, 2.05) is 12.1 Å². The minimum absolute atomic E-state index is 0.149. The molecule has 6 nitrogen and oxygen atoms in total. The van der Waals surface area contributed by atoms with E-state index in [2.05, 4.69) is 6.07 Å². The van der Waals surface area contributed by atoms with Crippen molar-refractivity contribution in [1.29, 1.82) is 0 Å². The molecule has 0 saturated heterocycles. The van der Waals surface area contributed by atoms with Crippen LogP contribution in [0.15, 0.2) is 23.2 Å². The Morgan fingerprint density at radius 1 is 1.18 bits per heavy atom. The molecular formula is C24H34F3N3O3. The summed E-state index contributed by atoms with van der Waals surface area (Å²) in [6, 6.07) is 5.76. The van der Waals surface area contributed by atoms with Gasteiger partial charge in [0.2, 0.25) is 0 Å². The maximum absolute atomic E-state index is 13.1. The molecule has 3 aliphatic rings. The van der Waals surface area contributed by atoms with Crippen LogP contribution in [0.5, 0.6) is 5.75 Å². The summed E-state index contributed by atoms with van der Waals surface area (Å²) in [5.41, 5.74) is 8.16. The van der Waals surface area contributed by atoms with E-state index in [1.165, 1.54) is 25.5 Å². The van der Waals surface area contributed by atoms with E-state index in [0.717, 1.165) is 48.3 Å². The number of ether oxygens (including phenoxy) is 3. The summed E-state index contributed by atoms with van der Waals surface area (Å²) >= 11 is 0. The molecule has 0 heterocycles. The van der Waals surface area contributed by atoms with Crippen molar-refractivity contribution in [2.24, 2.45) is 22.1 Å². The summed E-state index contributed by atoms with van der Waals surface area (Å²) in [4.78, 5) is 5.69. The molecule has 0 aromatic heterocycles. The van der Waals surface area contributed by atoms with Crippen molar-refractivity contribution in [2.45, 2.75) is 63.3 Å². The van der Waals surface area contributed by atoms with Gasteiger partial charge in [-0.15, -0.1) is 0 Å². The molecule has 0 bridgehead atoms. The first-order chi connectivity index (χ1) is 15.7. The van der Waals surface area contributed by atoms with Crippen LogP contribution >= 0.6 is 0 Å². The fourth-order valence-electron chi connectivity index (χ4n) is 5.22. The third-order valence-corrected chi connectivity index (χ3v) is 7.22. The highest BCUT2D eigenvalue weighted by Gasteiger charge is 2.48. The molecular weight excluding hydrogens is 435 g/mol. The summed E-state index contributed by atoms with van der Waals surface area (Å²) in [6.45, 7) is -0.792. The number of alkyl halides is 3. The van der Waals surface area contributed by atoms with Gasteiger partial charge in [-0.25, -0.2) is 4.99 Å². The molecule has 33 heavy (non-hydrogen) atoms. The standard InChI is InChI=1S/C24H34F3N3O3/c1-31-15-30(14-24(25,26)27)22(28)29-21-20-11-19(33-13-16-3-4-16)6-5-17(20)12-23(21)9-7-18(32-2)8-10-23/h5-6,11,16,18,21H,3-4,7-10,12-15H2,1-2H3,(H2,28,29). The fourth-order valence-corrected chi connectivity index (χ4v) is 5.22.